The Labute approximate surface area is 227 Å². The van der Waals surface area contributed by atoms with E-state index in [1.165, 1.54) is 0 Å². The highest BCUT2D eigenvalue weighted by Crippen LogP contribution is 2.52. The Morgan fingerprint density at radius 1 is 0.861 bits per heavy atom. The molecule has 1 fully saturated rings. The number of halogens is 3. The minimum atomic E-state index is -3.98. The van der Waals surface area contributed by atoms with Crippen LogP contribution in [0.5, 0.6) is 0 Å². The summed E-state index contributed by atoms with van der Waals surface area (Å²) in [5.74, 6) is -0.512. The number of phosphoric acid groups is 1. The van der Waals surface area contributed by atoms with Gasteiger partial charge in [-0.1, -0.05) is 116 Å². The molecule has 1 aliphatic rings. The largest absolute Gasteiger partial charge is 0.475 e. The van der Waals surface area contributed by atoms with Crippen molar-refractivity contribution in [3.8, 4) is 0 Å². The van der Waals surface area contributed by atoms with Crippen LogP contribution in [-0.4, -0.2) is 28.7 Å². The van der Waals surface area contributed by atoms with Crippen LogP contribution < -0.4 is 0 Å². The van der Waals surface area contributed by atoms with Gasteiger partial charge >= 0.3 is 7.82 Å². The van der Waals surface area contributed by atoms with Crippen LogP contribution >= 0.6 is 42.6 Å². The number of phosphoric ester groups is 1. The number of benzene rings is 2. The fourth-order valence-corrected chi connectivity index (χ4v) is 5.03. The van der Waals surface area contributed by atoms with Crippen molar-refractivity contribution in [2.75, 3.05) is 6.61 Å². The first-order valence-electron chi connectivity index (χ1n) is 11.6. The summed E-state index contributed by atoms with van der Waals surface area (Å²) in [5, 5.41) is 7.91. The lowest BCUT2D eigenvalue weighted by molar-refractivity contribution is -0.224. The Morgan fingerprint density at radius 3 is 1.83 bits per heavy atom. The molecular weight excluding hydrogens is 548 g/mol. The van der Waals surface area contributed by atoms with Gasteiger partial charge in [0.25, 0.3) is 3.79 Å². The van der Waals surface area contributed by atoms with Gasteiger partial charge in [-0.2, -0.15) is 0 Å². The fourth-order valence-electron chi connectivity index (χ4n) is 3.73. The quantitative estimate of drug-likeness (QED) is 0.136. The molecule has 198 valence electrons. The van der Waals surface area contributed by atoms with E-state index in [1.54, 1.807) is 0 Å². The van der Waals surface area contributed by atoms with Crippen molar-refractivity contribution in [2.45, 2.75) is 50.2 Å². The predicted octanol–water partition coefficient (Wildman–Crippen LogP) is 7.54. The number of alkyl halides is 3. The molecule has 2 aromatic rings. The molecule has 36 heavy (non-hydrogen) atoms. The third-order valence-corrected chi connectivity index (χ3v) is 8.21. The van der Waals surface area contributed by atoms with Gasteiger partial charge in [0.05, 0.1) is 25.9 Å². The van der Waals surface area contributed by atoms with E-state index in [4.69, 9.17) is 63.3 Å². The summed E-state index contributed by atoms with van der Waals surface area (Å²) in [4.78, 5) is 0. The van der Waals surface area contributed by atoms with Crippen molar-refractivity contribution >= 4 is 48.5 Å². The second-order valence-electron chi connectivity index (χ2n) is 8.83. The van der Waals surface area contributed by atoms with Gasteiger partial charge in [0.1, 0.15) is 0 Å². The van der Waals surface area contributed by atoms with Gasteiger partial charge < -0.3 is 9.47 Å². The minimum absolute atomic E-state index is 0.0125. The van der Waals surface area contributed by atoms with Gasteiger partial charge in [-0.25, -0.2) is 4.57 Å². The van der Waals surface area contributed by atoms with Crippen molar-refractivity contribution in [3.63, 3.8) is 0 Å². The van der Waals surface area contributed by atoms with Crippen LogP contribution in [0.4, 0.5) is 0 Å². The highest BCUT2D eigenvalue weighted by molar-refractivity contribution is 7.48. The summed E-state index contributed by atoms with van der Waals surface area (Å²) < 4.78 is 40.4. The van der Waals surface area contributed by atoms with Crippen LogP contribution in [0.2, 0.25) is 0 Å². The monoisotopic (exact) mass is 577 g/mol. The van der Waals surface area contributed by atoms with E-state index in [0.717, 1.165) is 11.1 Å². The lowest BCUT2D eigenvalue weighted by Gasteiger charge is -2.43. The molecule has 1 heterocycles. The number of hydrogen-bond donors (Lipinski definition) is 1. The first-order chi connectivity index (χ1) is 17.0. The number of rotatable bonds is 10. The van der Waals surface area contributed by atoms with Gasteiger partial charge in [0, 0.05) is 5.92 Å². The second-order valence-corrected chi connectivity index (χ2v) is 12.8. The van der Waals surface area contributed by atoms with Crippen LogP contribution in [0.3, 0.4) is 0 Å². The SMILES string of the molecule is CC1[C@@H](OC(=N)C(Cl)(Cl)Cl)OC(COP(=O)(OCc2ccccc2)OCc2ccccc2)[C@@H](C)[C@@H]1C. The predicted molar refractivity (Wildman–Crippen MR) is 141 cm³/mol. The molecule has 0 bridgehead atoms. The Balaban J connectivity index is 1.69. The van der Waals surface area contributed by atoms with Gasteiger partial charge in [-0.05, 0) is 23.0 Å². The lowest BCUT2D eigenvalue weighted by atomic mass is 9.79. The van der Waals surface area contributed by atoms with E-state index in [1.807, 2.05) is 81.4 Å². The molecule has 3 rings (SSSR count). The van der Waals surface area contributed by atoms with E-state index < -0.39 is 29.9 Å². The van der Waals surface area contributed by atoms with Gasteiger partial charge in [0.2, 0.25) is 12.2 Å². The Hall–Kier alpha value is -1.15. The summed E-state index contributed by atoms with van der Waals surface area (Å²) >= 11 is 17.3. The third kappa shape index (κ3) is 8.44. The van der Waals surface area contributed by atoms with Gasteiger partial charge in [-0.3, -0.25) is 19.0 Å². The summed E-state index contributed by atoms with van der Waals surface area (Å²) in [7, 11) is -3.98. The zero-order valence-corrected chi connectivity index (χ0v) is 23.5. The molecule has 0 aliphatic carbocycles. The molecule has 1 N–H and O–H groups in total. The molecular formula is C25H31Cl3NO6P. The highest BCUT2D eigenvalue weighted by atomic mass is 35.6. The van der Waals surface area contributed by atoms with Crippen molar-refractivity contribution in [1.82, 2.24) is 0 Å². The zero-order valence-electron chi connectivity index (χ0n) is 20.3. The average Bonchev–Trinajstić information content (AvgIpc) is 2.86. The summed E-state index contributed by atoms with van der Waals surface area (Å²) in [6.07, 6.45) is -1.37. The third-order valence-electron chi connectivity index (χ3n) is 6.34. The van der Waals surface area contributed by atoms with Crippen molar-refractivity contribution < 1.29 is 27.6 Å². The average molecular weight is 579 g/mol. The van der Waals surface area contributed by atoms with E-state index in [2.05, 4.69) is 0 Å². The van der Waals surface area contributed by atoms with Crippen molar-refractivity contribution in [3.05, 3.63) is 71.8 Å². The van der Waals surface area contributed by atoms with Crippen molar-refractivity contribution in [1.29, 1.82) is 5.41 Å². The molecule has 0 amide bonds. The molecule has 0 radical (unpaired) electrons. The first-order valence-corrected chi connectivity index (χ1v) is 14.2. The summed E-state index contributed by atoms with van der Waals surface area (Å²) in [5.41, 5.74) is 1.65. The molecule has 1 saturated heterocycles. The molecule has 1 aliphatic heterocycles. The summed E-state index contributed by atoms with van der Waals surface area (Å²) in [6, 6.07) is 18.7. The lowest BCUT2D eigenvalue weighted by Crippen LogP contribution is -2.49. The topological polar surface area (TPSA) is 87.1 Å². The highest BCUT2D eigenvalue weighted by Gasteiger charge is 2.43. The van der Waals surface area contributed by atoms with E-state index in [0.29, 0.717) is 0 Å². The normalized spacial score (nSPS) is 24.9. The van der Waals surface area contributed by atoms with Crippen molar-refractivity contribution in [2.24, 2.45) is 17.8 Å². The Morgan fingerprint density at radius 2 is 1.36 bits per heavy atom. The maximum absolute atomic E-state index is 13.6. The fraction of sp³-hybridized carbons (Fsp3) is 0.480. The number of hydrogen-bond acceptors (Lipinski definition) is 7. The maximum atomic E-state index is 13.6. The second kappa shape index (κ2) is 13.1. The Kier molecular flexibility index (Phi) is 10.7. The standard InChI is InChI=1S/C25H31Cl3NO6P/c1-17-18(2)22(34-23(19(17)3)35-24(29)25(26,27)28)16-33-36(30,31-14-20-10-6-4-7-11-20)32-15-21-12-8-5-9-13-21/h4-13,17-19,22-23,29H,14-16H2,1-3H3/t17-,18-,19?,22?,23+/m0/s1. The van der Waals surface area contributed by atoms with Crippen LogP contribution in [-0.2, 0) is 40.8 Å². The smallest absolute Gasteiger partial charge is 0.448 e. The number of nitrogens with one attached hydrogen (secondary N) is 1. The first kappa shape index (κ1) is 29.4. The maximum Gasteiger partial charge on any atom is 0.475 e. The zero-order chi connectivity index (χ0) is 26.3. The van der Waals surface area contributed by atoms with Crippen LogP contribution in [0.1, 0.15) is 31.9 Å². The molecule has 0 aromatic heterocycles. The minimum Gasteiger partial charge on any atom is -0.448 e. The van der Waals surface area contributed by atoms with Crippen LogP contribution in [0.15, 0.2) is 60.7 Å². The van der Waals surface area contributed by atoms with E-state index >= 15 is 0 Å². The molecule has 2 unspecified atom stereocenters. The molecule has 0 saturated carbocycles. The molecule has 5 atom stereocenters. The van der Waals surface area contributed by atoms with Gasteiger partial charge in [0.15, 0.2) is 0 Å². The molecule has 11 heteroatoms. The molecule has 0 spiro atoms. The van der Waals surface area contributed by atoms with Gasteiger partial charge in [-0.15, -0.1) is 0 Å². The van der Waals surface area contributed by atoms with Crippen LogP contribution in [0, 0.1) is 23.2 Å². The van der Waals surface area contributed by atoms with Crippen LogP contribution in [0.25, 0.3) is 0 Å². The number of ether oxygens (including phenoxy) is 2. The van der Waals surface area contributed by atoms with E-state index in [9.17, 15) is 4.57 Å². The van der Waals surface area contributed by atoms with E-state index in [-0.39, 0.29) is 37.6 Å². The Bertz CT molecular complexity index is 976. The molecule has 2 aromatic carbocycles. The molecule has 7 nitrogen and oxygen atoms in total. The summed E-state index contributed by atoms with van der Waals surface area (Å²) in [6.45, 7) is 6.00.